The van der Waals surface area contributed by atoms with Crippen LogP contribution in [0.4, 0.5) is 5.69 Å². The van der Waals surface area contributed by atoms with E-state index in [4.69, 9.17) is 0 Å². The molecule has 20 heavy (non-hydrogen) atoms. The zero-order valence-corrected chi connectivity index (χ0v) is 13.2. The van der Waals surface area contributed by atoms with Crippen molar-refractivity contribution < 1.29 is 4.92 Å². The van der Waals surface area contributed by atoms with E-state index in [1.165, 1.54) is 6.42 Å². The van der Waals surface area contributed by atoms with Crippen molar-refractivity contribution in [3.8, 4) is 0 Å². The maximum atomic E-state index is 11.2. The van der Waals surface area contributed by atoms with Crippen LogP contribution in [-0.2, 0) is 6.54 Å². The molecule has 1 N–H and O–H groups in total. The summed E-state index contributed by atoms with van der Waals surface area (Å²) in [5.74, 6) is 0. The smallest absolute Gasteiger partial charge is 0.275 e. The van der Waals surface area contributed by atoms with Crippen molar-refractivity contribution in [2.45, 2.75) is 32.4 Å². The van der Waals surface area contributed by atoms with Crippen LogP contribution < -0.4 is 5.32 Å². The lowest BCUT2D eigenvalue weighted by molar-refractivity contribution is -0.385. The van der Waals surface area contributed by atoms with Crippen molar-refractivity contribution in [1.29, 1.82) is 0 Å². The molecule has 0 aliphatic carbocycles. The quantitative estimate of drug-likeness (QED) is 0.660. The Morgan fingerprint density at radius 2 is 2.35 bits per heavy atom. The Balaban J connectivity index is 2.16. The van der Waals surface area contributed by atoms with Gasteiger partial charge in [-0.3, -0.25) is 15.0 Å². The molecule has 1 fully saturated rings. The van der Waals surface area contributed by atoms with E-state index in [1.807, 2.05) is 12.1 Å². The monoisotopic (exact) mass is 341 g/mol. The van der Waals surface area contributed by atoms with Gasteiger partial charge in [0.1, 0.15) is 0 Å². The Kier molecular flexibility index (Phi) is 5.51. The molecule has 6 heteroatoms. The molecule has 0 radical (unpaired) electrons. The third-order valence-electron chi connectivity index (χ3n) is 3.81. The molecule has 5 nitrogen and oxygen atoms in total. The van der Waals surface area contributed by atoms with Gasteiger partial charge in [-0.2, -0.15) is 0 Å². The highest BCUT2D eigenvalue weighted by atomic mass is 79.9. The first-order valence-electron chi connectivity index (χ1n) is 6.99. The van der Waals surface area contributed by atoms with E-state index in [1.54, 1.807) is 6.07 Å². The SMILES string of the molecule is CCN(Cc1ccc(Br)cc1[N+](=O)[O-])C1CCCNC1. The topological polar surface area (TPSA) is 58.4 Å². The van der Waals surface area contributed by atoms with Gasteiger partial charge in [-0.15, -0.1) is 0 Å². The minimum atomic E-state index is -0.299. The number of nitrogens with zero attached hydrogens (tertiary/aromatic N) is 2. The summed E-state index contributed by atoms with van der Waals surface area (Å²) in [7, 11) is 0. The number of nitrogens with one attached hydrogen (secondary N) is 1. The lowest BCUT2D eigenvalue weighted by Gasteiger charge is -2.33. The van der Waals surface area contributed by atoms with E-state index in [2.05, 4.69) is 33.1 Å². The molecule has 1 aliphatic heterocycles. The molecule has 1 atom stereocenters. The second-order valence-electron chi connectivity index (χ2n) is 5.09. The fourth-order valence-corrected chi connectivity index (χ4v) is 3.05. The molecule has 0 saturated carbocycles. The van der Waals surface area contributed by atoms with Crippen LogP contribution in [0.2, 0.25) is 0 Å². The van der Waals surface area contributed by atoms with Gasteiger partial charge in [-0.25, -0.2) is 0 Å². The first-order valence-corrected chi connectivity index (χ1v) is 7.78. The Morgan fingerprint density at radius 3 is 2.95 bits per heavy atom. The molecular formula is C14H20BrN3O2. The molecule has 0 amide bonds. The molecule has 2 rings (SSSR count). The van der Waals surface area contributed by atoms with Gasteiger partial charge >= 0.3 is 0 Å². The number of hydrogen-bond acceptors (Lipinski definition) is 4. The predicted octanol–water partition coefficient (Wildman–Crippen LogP) is 2.93. The normalized spacial score (nSPS) is 19.2. The molecule has 1 aromatic rings. The number of benzene rings is 1. The summed E-state index contributed by atoms with van der Waals surface area (Å²) < 4.78 is 0.746. The van der Waals surface area contributed by atoms with Gasteiger partial charge in [-0.05, 0) is 38.1 Å². The summed E-state index contributed by atoms with van der Waals surface area (Å²) in [5, 5.41) is 14.6. The van der Waals surface area contributed by atoms with Crippen LogP contribution in [0.1, 0.15) is 25.3 Å². The molecule has 110 valence electrons. The number of nitro benzene ring substituents is 1. The Morgan fingerprint density at radius 1 is 1.55 bits per heavy atom. The first kappa shape index (κ1) is 15.4. The summed E-state index contributed by atoms with van der Waals surface area (Å²) in [5.41, 5.74) is 0.979. The van der Waals surface area contributed by atoms with Gasteiger partial charge in [0.15, 0.2) is 0 Å². The van der Waals surface area contributed by atoms with Gasteiger partial charge in [-0.1, -0.05) is 22.9 Å². The first-order chi connectivity index (χ1) is 9.61. The lowest BCUT2D eigenvalue weighted by atomic mass is 10.0. The van der Waals surface area contributed by atoms with Crippen molar-refractivity contribution >= 4 is 21.6 Å². The van der Waals surface area contributed by atoms with E-state index >= 15 is 0 Å². The van der Waals surface area contributed by atoms with Crippen molar-refractivity contribution in [3.05, 3.63) is 38.3 Å². The molecule has 1 saturated heterocycles. The van der Waals surface area contributed by atoms with E-state index in [9.17, 15) is 10.1 Å². The molecule has 0 aromatic heterocycles. The minimum absolute atomic E-state index is 0.196. The van der Waals surface area contributed by atoms with Crippen LogP contribution in [0.3, 0.4) is 0 Å². The summed E-state index contributed by atoms with van der Waals surface area (Å²) in [6.45, 7) is 5.69. The molecule has 1 aliphatic rings. The van der Waals surface area contributed by atoms with Crippen molar-refractivity contribution in [1.82, 2.24) is 10.2 Å². The van der Waals surface area contributed by atoms with Crippen LogP contribution in [0.15, 0.2) is 22.7 Å². The van der Waals surface area contributed by atoms with E-state index in [0.717, 1.165) is 36.1 Å². The van der Waals surface area contributed by atoms with E-state index < -0.39 is 0 Å². The predicted molar refractivity (Wildman–Crippen MR) is 82.8 cm³/mol. The average molecular weight is 342 g/mol. The van der Waals surface area contributed by atoms with Gasteiger partial charge in [0.2, 0.25) is 0 Å². The van der Waals surface area contributed by atoms with Crippen LogP contribution in [0, 0.1) is 10.1 Å². The summed E-state index contributed by atoms with van der Waals surface area (Å²) >= 11 is 3.30. The zero-order chi connectivity index (χ0) is 14.5. The third kappa shape index (κ3) is 3.77. The number of hydrogen-bond donors (Lipinski definition) is 1. The van der Waals surface area contributed by atoms with Crippen LogP contribution >= 0.6 is 15.9 Å². The minimum Gasteiger partial charge on any atom is -0.315 e. The highest BCUT2D eigenvalue weighted by Gasteiger charge is 2.23. The molecule has 0 bridgehead atoms. The van der Waals surface area contributed by atoms with E-state index in [0.29, 0.717) is 12.6 Å². The van der Waals surface area contributed by atoms with Gasteiger partial charge in [0, 0.05) is 35.2 Å². The van der Waals surface area contributed by atoms with Crippen molar-refractivity contribution in [3.63, 3.8) is 0 Å². The Bertz CT molecular complexity index is 475. The lowest BCUT2D eigenvalue weighted by Crippen LogP contribution is -2.45. The largest absolute Gasteiger partial charge is 0.315 e. The maximum absolute atomic E-state index is 11.2. The molecule has 1 aromatic carbocycles. The highest BCUT2D eigenvalue weighted by molar-refractivity contribution is 9.10. The number of likely N-dealkylation sites (N-methyl/N-ethyl adjacent to an activating group) is 1. The molecule has 1 unspecified atom stereocenters. The molecular weight excluding hydrogens is 322 g/mol. The summed E-state index contributed by atoms with van der Waals surface area (Å²) in [4.78, 5) is 13.2. The molecule has 1 heterocycles. The Hall–Kier alpha value is -0.980. The second-order valence-corrected chi connectivity index (χ2v) is 6.01. The van der Waals surface area contributed by atoms with Gasteiger partial charge in [0.25, 0.3) is 5.69 Å². The van der Waals surface area contributed by atoms with Crippen molar-refractivity contribution in [2.24, 2.45) is 0 Å². The second kappa shape index (κ2) is 7.15. The van der Waals surface area contributed by atoms with Crippen LogP contribution in [0.5, 0.6) is 0 Å². The van der Waals surface area contributed by atoms with Crippen molar-refractivity contribution in [2.75, 3.05) is 19.6 Å². The Labute approximate surface area is 127 Å². The number of halogens is 1. The highest BCUT2D eigenvalue weighted by Crippen LogP contribution is 2.26. The summed E-state index contributed by atoms with van der Waals surface area (Å²) in [6, 6.07) is 5.77. The third-order valence-corrected chi connectivity index (χ3v) is 4.30. The fraction of sp³-hybridized carbons (Fsp3) is 0.571. The fourth-order valence-electron chi connectivity index (χ4n) is 2.70. The molecule has 0 spiro atoms. The summed E-state index contributed by atoms with van der Waals surface area (Å²) in [6.07, 6.45) is 2.33. The average Bonchev–Trinajstić information content (AvgIpc) is 2.46. The zero-order valence-electron chi connectivity index (χ0n) is 11.6. The van der Waals surface area contributed by atoms with Crippen LogP contribution in [0.25, 0.3) is 0 Å². The maximum Gasteiger partial charge on any atom is 0.275 e. The number of nitro groups is 1. The van der Waals surface area contributed by atoms with Gasteiger partial charge in [0.05, 0.1) is 4.92 Å². The van der Waals surface area contributed by atoms with E-state index in [-0.39, 0.29) is 10.6 Å². The van der Waals surface area contributed by atoms with Crippen LogP contribution in [-0.4, -0.2) is 35.5 Å². The van der Waals surface area contributed by atoms with Gasteiger partial charge < -0.3 is 5.32 Å². The number of rotatable bonds is 5. The standard InChI is InChI=1S/C14H20BrN3O2/c1-2-17(13-4-3-7-16-9-13)10-11-5-6-12(15)8-14(11)18(19)20/h5-6,8,13,16H,2-4,7,9-10H2,1H3. The number of piperidine rings is 1.